The van der Waals surface area contributed by atoms with Gasteiger partial charge in [0.05, 0.1) is 34.9 Å². The summed E-state index contributed by atoms with van der Waals surface area (Å²) in [6, 6.07) is 11.4. The van der Waals surface area contributed by atoms with E-state index in [-0.39, 0.29) is 45.9 Å². The number of Topliss-reactive ketones (excluding diaryl/α,β-unsaturated/α-hetero) is 1. The molecule has 14 heteroatoms. The van der Waals surface area contributed by atoms with Crippen LogP contribution >= 0.6 is 11.6 Å². The standard InChI is InChI=1S/C41H50ClN5O7S/c1-26-8-6-10-36(54-40(50)45(2)3)31-14-11-29(31)20-47-24-41(17-7-9-27-18-30(42)13-15-33(27)41)25-53-37-16-12-28(19-34(37)47)38(49)44-55(51,22-26)23-35(48)32-21-46(4)43-39(32)52-5/h6,10,12-13,15-16,18-19,21,26,29,31,36H,7-9,11,14,17,20,22-25H2,1-5H3/b10-6+/t26-,29-,31+,36-,41-,55+/m0/s1. The summed E-state index contributed by atoms with van der Waals surface area (Å²) in [5.41, 5.74) is 3.31. The van der Waals surface area contributed by atoms with Crippen molar-refractivity contribution < 1.29 is 32.8 Å². The van der Waals surface area contributed by atoms with Gasteiger partial charge >= 0.3 is 6.09 Å². The molecule has 3 heterocycles. The molecule has 1 spiro atoms. The number of nitrogens with zero attached hydrogens (tertiary/aromatic N) is 5. The van der Waals surface area contributed by atoms with E-state index >= 15 is 0 Å². The molecule has 1 aromatic heterocycles. The third-order valence-electron chi connectivity index (χ3n) is 11.5. The second-order valence-corrected chi connectivity index (χ2v) is 18.7. The van der Waals surface area contributed by atoms with Gasteiger partial charge in [-0.05, 0) is 97.9 Å². The van der Waals surface area contributed by atoms with Gasteiger partial charge < -0.3 is 24.0 Å². The molecular weight excluding hydrogens is 742 g/mol. The minimum absolute atomic E-state index is 0.00226. The molecule has 12 nitrogen and oxygen atoms in total. The number of ketones is 1. The number of anilines is 1. The van der Waals surface area contributed by atoms with E-state index in [1.54, 1.807) is 39.3 Å². The fraction of sp³-hybridized carbons (Fsp3) is 0.512. The van der Waals surface area contributed by atoms with E-state index in [1.807, 2.05) is 25.1 Å². The van der Waals surface area contributed by atoms with E-state index in [0.29, 0.717) is 36.9 Å². The first-order chi connectivity index (χ1) is 26.3. The maximum Gasteiger partial charge on any atom is 0.409 e. The number of aryl methyl sites for hydroxylation is 2. The Bertz CT molecular complexity index is 2140. The van der Waals surface area contributed by atoms with E-state index < -0.39 is 39.4 Å². The topological polar surface area (TPSA) is 133 Å². The molecule has 2 aliphatic carbocycles. The average Bonchev–Trinajstić information content (AvgIpc) is 3.44. The number of aromatic nitrogens is 2. The monoisotopic (exact) mass is 791 g/mol. The van der Waals surface area contributed by atoms with Crippen LogP contribution in [-0.4, -0.2) is 95.2 Å². The summed E-state index contributed by atoms with van der Waals surface area (Å²) >= 11 is 6.47. The summed E-state index contributed by atoms with van der Waals surface area (Å²) < 4.78 is 38.7. The number of benzene rings is 2. The van der Waals surface area contributed by atoms with Crippen LogP contribution in [0.3, 0.4) is 0 Å². The number of carbonyl (C=O) groups excluding carboxylic acids is 3. The van der Waals surface area contributed by atoms with Gasteiger partial charge in [0, 0.05) is 68.1 Å². The van der Waals surface area contributed by atoms with Crippen molar-refractivity contribution in [3.8, 4) is 11.6 Å². The molecule has 55 heavy (non-hydrogen) atoms. The zero-order valence-electron chi connectivity index (χ0n) is 32.2. The molecule has 6 atom stereocenters. The van der Waals surface area contributed by atoms with Crippen molar-refractivity contribution in [3.05, 3.63) is 82.0 Å². The van der Waals surface area contributed by atoms with Crippen LogP contribution in [-0.2, 0) is 33.3 Å². The molecule has 1 saturated carbocycles. The van der Waals surface area contributed by atoms with Gasteiger partial charge in [-0.2, -0.15) is 4.36 Å². The SMILES string of the molecule is COc1nn(C)cc1C(=O)C[S@@]1(=O)=NC(=O)c2ccc3c(c2)N(C[C@@H]2CC[C@H]2[C@@H](OC(=O)N(C)C)/C=C/C[C@H](C)C1)C[C@@]1(CCCc2cc(Cl)ccc21)CO3. The summed E-state index contributed by atoms with van der Waals surface area (Å²) in [4.78, 5) is 44.6. The van der Waals surface area contributed by atoms with Gasteiger partial charge in [-0.15, -0.1) is 5.10 Å². The first-order valence-electron chi connectivity index (χ1n) is 19.0. The molecule has 3 aromatic rings. The molecule has 0 N–H and O–H groups in total. The largest absolute Gasteiger partial charge is 0.490 e. The quantitative estimate of drug-likeness (QED) is 0.204. The van der Waals surface area contributed by atoms with Crippen molar-refractivity contribution in [2.45, 2.75) is 57.0 Å². The van der Waals surface area contributed by atoms with Crippen molar-refractivity contribution in [2.75, 3.05) is 57.3 Å². The number of allylic oxidation sites excluding steroid dienone is 1. The number of methoxy groups -OCH3 is 1. The second kappa shape index (κ2) is 15.6. The van der Waals surface area contributed by atoms with Crippen LogP contribution in [0.25, 0.3) is 0 Å². The molecule has 2 amide bonds. The molecule has 2 aromatic carbocycles. The van der Waals surface area contributed by atoms with Crippen LogP contribution in [0, 0.1) is 17.8 Å². The molecule has 1 fully saturated rings. The van der Waals surface area contributed by atoms with Crippen LogP contribution < -0.4 is 14.4 Å². The van der Waals surface area contributed by atoms with Gasteiger partial charge in [-0.3, -0.25) is 14.3 Å². The number of amides is 2. The molecule has 7 rings (SSSR count). The summed E-state index contributed by atoms with van der Waals surface area (Å²) in [6.45, 7) is 3.66. The average molecular weight is 792 g/mol. The number of ether oxygens (including phenoxy) is 3. The molecular formula is C41H50ClN5O7S. The highest BCUT2D eigenvalue weighted by molar-refractivity contribution is 7.94. The smallest absolute Gasteiger partial charge is 0.409 e. The number of carbonyl (C=O) groups is 3. The van der Waals surface area contributed by atoms with E-state index in [2.05, 4.69) is 26.5 Å². The van der Waals surface area contributed by atoms with E-state index in [1.165, 1.54) is 34.0 Å². The van der Waals surface area contributed by atoms with Crippen molar-refractivity contribution in [1.82, 2.24) is 14.7 Å². The van der Waals surface area contributed by atoms with Crippen LogP contribution in [0.15, 0.2) is 59.1 Å². The fourth-order valence-corrected chi connectivity index (χ4v) is 11.1. The number of rotatable bonds is 5. The van der Waals surface area contributed by atoms with E-state index in [9.17, 15) is 18.6 Å². The third-order valence-corrected chi connectivity index (χ3v) is 14.1. The maximum atomic E-state index is 14.8. The van der Waals surface area contributed by atoms with Crippen LogP contribution in [0.2, 0.25) is 5.02 Å². The Morgan fingerprint density at radius 3 is 2.73 bits per heavy atom. The Labute approximate surface area is 328 Å². The highest BCUT2D eigenvalue weighted by Crippen LogP contribution is 2.47. The normalized spacial score (nSPS) is 28.3. The fourth-order valence-electron chi connectivity index (χ4n) is 8.66. The van der Waals surface area contributed by atoms with E-state index in [4.69, 9.17) is 25.8 Å². The molecule has 0 saturated heterocycles. The summed E-state index contributed by atoms with van der Waals surface area (Å²) in [5.74, 6) is -0.796. The summed E-state index contributed by atoms with van der Waals surface area (Å²) in [7, 11) is 3.00. The van der Waals surface area contributed by atoms with E-state index in [0.717, 1.165) is 37.8 Å². The summed E-state index contributed by atoms with van der Waals surface area (Å²) in [5, 5.41) is 4.89. The lowest BCUT2D eigenvalue weighted by Gasteiger charge is -2.46. The number of hydrogen-bond donors (Lipinski definition) is 0. The highest BCUT2D eigenvalue weighted by atomic mass is 35.5. The lowest BCUT2D eigenvalue weighted by atomic mass is 9.68. The zero-order valence-corrected chi connectivity index (χ0v) is 33.7. The first-order valence-corrected chi connectivity index (χ1v) is 21.2. The lowest BCUT2D eigenvalue weighted by molar-refractivity contribution is 0.0140. The lowest BCUT2D eigenvalue weighted by Crippen LogP contribution is -2.50. The van der Waals surface area contributed by atoms with Gasteiger partial charge in [-0.25, -0.2) is 9.00 Å². The number of fused-ring (bicyclic) bond motifs is 4. The predicted octanol–water partition coefficient (Wildman–Crippen LogP) is 6.74. The van der Waals surface area contributed by atoms with Gasteiger partial charge in [0.2, 0.25) is 5.88 Å². The van der Waals surface area contributed by atoms with Crippen molar-refractivity contribution in [3.63, 3.8) is 0 Å². The zero-order chi connectivity index (χ0) is 39.1. The Morgan fingerprint density at radius 1 is 1.16 bits per heavy atom. The Hall–Kier alpha value is -4.36. The van der Waals surface area contributed by atoms with Gasteiger partial charge in [0.1, 0.15) is 17.4 Å². The van der Waals surface area contributed by atoms with Crippen LogP contribution in [0.5, 0.6) is 11.6 Å². The molecule has 294 valence electrons. The molecule has 2 aliphatic heterocycles. The minimum Gasteiger partial charge on any atom is -0.490 e. The van der Waals surface area contributed by atoms with Crippen molar-refractivity contribution in [1.29, 1.82) is 0 Å². The Balaban J connectivity index is 1.32. The molecule has 4 aliphatic rings. The predicted molar refractivity (Wildman–Crippen MR) is 212 cm³/mol. The minimum atomic E-state index is -3.43. The van der Waals surface area contributed by atoms with Gasteiger partial charge in [0.25, 0.3) is 5.91 Å². The van der Waals surface area contributed by atoms with Crippen LogP contribution in [0.1, 0.15) is 70.9 Å². The molecule has 0 unspecified atom stereocenters. The summed E-state index contributed by atoms with van der Waals surface area (Å²) in [6.07, 6.45) is 9.73. The number of halogens is 1. The number of hydrogen-bond acceptors (Lipinski definition) is 9. The molecule has 0 radical (unpaired) electrons. The van der Waals surface area contributed by atoms with Crippen molar-refractivity contribution in [2.24, 2.45) is 29.2 Å². The van der Waals surface area contributed by atoms with Crippen LogP contribution in [0.4, 0.5) is 10.5 Å². The van der Waals surface area contributed by atoms with Crippen molar-refractivity contribution >= 4 is 44.8 Å². The molecule has 2 bridgehead atoms. The Kier molecular flexibility index (Phi) is 11.1. The second-order valence-electron chi connectivity index (χ2n) is 15.9. The van der Waals surface area contributed by atoms with Gasteiger partial charge in [-0.1, -0.05) is 30.7 Å². The first kappa shape index (κ1) is 38.9. The highest BCUT2D eigenvalue weighted by Gasteiger charge is 2.45. The van der Waals surface area contributed by atoms with Gasteiger partial charge in [0.15, 0.2) is 5.78 Å². The third kappa shape index (κ3) is 8.14. The Morgan fingerprint density at radius 2 is 1.98 bits per heavy atom. The maximum absolute atomic E-state index is 14.8.